The van der Waals surface area contributed by atoms with Gasteiger partial charge in [0.05, 0.1) is 0 Å². The number of rotatable bonds is 3. The van der Waals surface area contributed by atoms with Gasteiger partial charge < -0.3 is 0 Å². The van der Waals surface area contributed by atoms with Gasteiger partial charge in [0.25, 0.3) is 0 Å². The largest absolute Gasteiger partial charge is 0.269 e. The summed E-state index contributed by atoms with van der Waals surface area (Å²) in [4.78, 5) is 0. The Hall–Kier alpha value is -0.0800. The lowest BCUT2D eigenvalue weighted by Crippen LogP contribution is -2.18. The molecule has 0 saturated heterocycles. The van der Waals surface area contributed by atoms with Gasteiger partial charge in [-0.3, -0.25) is 10.9 Å². The molecule has 0 aliphatic carbocycles. The zero-order valence-electron chi connectivity index (χ0n) is 8.72. The van der Waals surface area contributed by atoms with Crippen LogP contribution < -0.4 is 5.84 Å². The Morgan fingerprint density at radius 3 is 1.73 bits per heavy atom. The summed E-state index contributed by atoms with van der Waals surface area (Å²) in [6.07, 6.45) is 4.15. The van der Waals surface area contributed by atoms with Gasteiger partial charge in [-0.25, -0.2) is 0 Å². The second-order valence-corrected chi connectivity index (χ2v) is 3.50. The van der Waals surface area contributed by atoms with Crippen LogP contribution in [0, 0.1) is 5.92 Å². The Bertz CT molecular complexity index is 57.8. The first-order valence-corrected chi connectivity index (χ1v) is 4.42. The summed E-state index contributed by atoms with van der Waals surface area (Å²) in [6, 6.07) is 0. The second kappa shape index (κ2) is 9.92. The molecule has 0 radical (unpaired) electrons. The van der Waals surface area contributed by atoms with Gasteiger partial charge in [-0.2, -0.15) is 0 Å². The van der Waals surface area contributed by atoms with E-state index in [0.717, 1.165) is 5.92 Å². The van der Waals surface area contributed by atoms with Gasteiger partial charge in [0, 0.05) is 14.1 Å². The van der Waals surface area contributed by atoms with Gasteiger partial charge >= 0.3 is 0 Å². The van der Waals surface area contributed by atoms with E-state index in [2.05, 4.69) is 20.8 Å². The van der Waals surface area contributed by atoms with Crippen LogP contribution in [0.15, 0.2) is 0 Å². The molecule has 0 heterocycles. The van der Waals surface area contributed by atoms with E-state index in [0.29, 0.717) is 0 Å². The summed E-state index contributed by atoms with van der Waals surface area (Å²) in [7, 11) is 3.56. The lowest BCUT2D eigenvalue weighted by atomic mass is 10.1. The molecule has 0 rings (SSSR count). The molecule has 0 saturated carbocycles. The highest BCUT2D eigenvalue weighted by atomic mass is 15.4. The summed E-state index contributed by atoms with van der Waals surface area (Å²) in [5.41, 5.74) is 0. The summed E-state index contributed by atoms with van der Waals surface area (Å²) in [5, 5.41) is 1.50. The van der Waals surface area contributed by atoms with Crippen molar-refractivity contribution in [3.8, 4) is 0 Å². The molecule has 2 nitrogen and oxygen atoms in total. The van der Waals surface area contributed by atoms with Gasteiger partial charge in [0.1, 0.15) is 0 Å². The lowest BCUT2D eigenvalue weighted by molar-refractivity contribution is 0.432. The van der Waals surface area contributed by atoms with E-state index in [9.17, 15) is 0 Å². The van der Waals surface area contributed by atoms with E-state index in [-0.39, 0.29) is 0 Å². The number of hydrazine groups is 1. The Morgan fingerprint density at radius 2 is 1.64 bits per heavy atom. The van der Waals surface area contributed by atoms with Crippen molar-refractivity contribution in [2.24, 2.45) is 11.8 Å². The SMILES string of the molecule is CCCCC(C)C.CN(C)N. The molecule has 70 valence electrons. The van der Waals surface area contributed by atoms with E-state index >= 15 is 0 Å². The standard InChI is InChI=1S/C7H16.C2H8N2/c1-4-5-6-7(2)3;1-4(2)3/h7H,4-6H2,1-3H3;3H2,1-2H3. The van der Waals surface area contributed by atoms with Gasteiger partial charge in [-0.15, -0.1) is 0 Å². The van der Waals surface area contributed by atoms with Crippen molar-refractivity contribution in [3.05, 3.63) is 0 Å². The molecule has 0 fully saturated rings. The van der Waals surface area contributed by atoms with Crippen molar-refractivity contribution >= 4 is 0 Å². The van der Waals surface area contributed by atoms with E-state index in [1.54, 1.807) is 14.1 Å². The monoisotopic (exact) mass is 160 g/mol. The van der Waals surface area contributed by atoms with Gasteiger partial charge in [0.15, 0.2) is 0 Å². The number of nitrogens with zero attached hydrogens (tertiary/aromatic N) is 1. The molecule has 0 unspecified atom stereocenters. The average Bonchev–Trinajstić information content (AvgIpc) is 1.82. The van der Waals surface area contributed by atoms with Crippen molar-refractivity contribution < 1.29 is 0 Å². The Kier molecular flexibility index (Phi) is 12.2. The molecule has 0 aromatic heterocycles. The number of unbranched alkanes of at least 4 members (excludes halogenated alkanes) is 1. The minimum absolute atomic E-state index is 0.903. The fraction of sp³-hybridized carbons (Fsp3) is 1.00. The molecule has 0 aliphatic rings. The van der Waals surface area contributed by atoms with E-state index < -0.39 is 0 Å². The fourth-order valence-corrected chi connectivity index (χ4v) is 0.612. The molecular formula is C9H24N2. The van der Waals surface area contributed by atoms with Crippen LogP contribution in [0.1, 0.15) is 40.0 Å². The van der Waals surface area contributed by atoms with Crippen LogP contribution in [0.4, 0.5) is 0 Å². The molecule has 0 spiro atoms. The minimum Gasteiger partial charge on any atom is -0.269 e. The predicted octanol–water partition coefficient (Wildman–Crippen LogP) is 2.25. The van der Waals surface area contributed by atoms with E-state index in [4.69, 9.17) is 5.84 Å². The minimum atomic E-state index is 0.903. The Labute approximate surface area is 71.7 Å². The molecule has 0 atom stereocenters. The van der Waals surface area contributed by atoms with Crippen LogP contribution in [0.3, 0.4) is 0 Å². The average molecular weight is 160 g/mol. The van der Waals surface area contributed by atoms with Crippen molar-refractivity contribution in [1.29, 1.82) is 0 Å². The molecule has 2 heteroatoms. The second-order valence-electron chi connectivity index (χ2n) is 3.50. The van der Waals surface area contributed by atoms with E-state index in [1.165, 1.54) is 24.3 Å². The summed E-state index contributed by atoms with van der Waals surface area (Å²) < 4.78 is 0. The third-order valence-corrected chi connectivity index (χ3v) is 1.14. The first-order chi connectivity index (χ1) is 5.00. The topological polar surface area (TPSA) is 29.3 Å². The zero-order valence-corrected chi connectivity index (χ0v) is 8.72. The van der Waals surface area contributed by atoms with Crippen molar-refractivity contribution in [2.75, 3.05) is 14.1 Å². The highest BCUT2D eigenvalue weighted by molar-refractivity contribution is 4.42. The highest BCUT2D eigenvalue weighted by Crippen LogP contribution is 2.04. The van der Waals surface area contributed by atoms with Crippen LogP contribution in [0.25, 0.3) is 0 Å². The summed E-state index contributed by atoms with van der Waals surface area (Å²) in [6.45, 7) is 6.79. The number of hydrogen-bond donors (Lipinski definition) is 1. The maximum Gasteiger partial charge on any atom is 0.00105 e. The van der Waals surface area contributed by atoms with E-state index in [1.807, 2.05) is 0 Å². The zero-order chi connectivity index (χ0) is 9.28. The van der Waals surface area contributed by atoms with Crippen LogP contribution >= 0.6 is 0 Å². The molecule has 0 aromatic rings. The fourth-order valence-electron chi connectivity index (χ4n) is 0.612. The van der Waals surface area contributed by atoms with Gasteiger partial charge in [-0.1, -0.05) is 40.0 Å². The first kappa shape index (κ1) is 13.5. The van der Waals surface area contributed by atoms with Crippen LogP contribution in [-0.2, 0) is 0 Å². The third kappa shape index (κ3) is 40.5. The van der Waals surface area contributed by atoms with Crippen LogP contribution in [-0.4, -0.2) is 19.1 Å². The Morgan fingerprint density at radius 1 is 1.27 bits per heavy atom. The molecular weight excluding hydrogens is 136 g/mol. The molecule has 0 aromatic carbocycles. The summed E-state index contributed by atoms with van der Waals surface area (Å²) in [5.74, 6) is 5.85. The van der Waals surface area contributed by atoms with Crippen molar-refractivity contribution in [2.45, 2.75) is 40.0 Å². The third-order valence-electron chi connectivity index (χ3n) is 1.14. The smallest absolute Gasteiger partial charge is 0.00105 e. The molecule has 0 amide bonds. The molecule has 11 heavy (non-hydrogen) atoms. The molecule has 0 bridgehead atoms. The lowest BCUT2D eigenvalue weighted by Gasteiger charge is -1.98. The molecule has 0 aliphatic heterocycles. The Balaban J connectivity index is 0. The van der Waals surface area contributed by atoms with Gasteiger partial charge in [-0.05, 0) is 5.92 Å². The number of hydrogen-bond acceptors (Lipinski definition) is 2. The quantitative estimate of drug-likeness (QED) is 0.507. The number of nitrogens with two attached hydrogens (primary N) is 1. The summed E-state index contributed by atoms with van der Waals surface area (Å²) >= 11 is 0. The molecule has 2 N–H and O–H groups in total. The van der Waals surface area contributed by atoms with Crippen molar-refractivity contribution in [1.82, 2.24) is 5.01 Å². The maximum atomic E-state index is 4.94. The normalized spacial score (nSPS) is 9.82. The maximum absolute atomic E-state index is 4.94. The van der Waals surface area contributed by atoms with Crippen LogP contribution in [0.5, 0.6) is 0 Å². The predicted molar refractivity (Wildman–Crippen MR) is 52.2 cm³/mol. The van der Waals surface area contributed by atoms with Crippen LogP contribution in [0.2, 0.25) is 0 Å². The van der Waals surface area contributed by atoms with Gasteiger partial charge in [0.2, 0.25) is 0 Å². The van der Waals surface area contributed by atoms with Crippen molar-refractivity contribution in [3.63, 3.8) is 0 Å². The highest BCUT2D eigenvalue weighted by Gasteiger charge is 1.88. The first-order valence-electron chi connectivity index (χ1n) is 4.42.